The van der Waals surface area contributed by atoms with Gasteiger partial charge in [-0.05, 0) is 14.1 Å². The molecule has 1 aliphatic heterocycles. The Morgan fingerprint density at radius 1 is 1.33 bits per heavy atom. The Morgan fingerprint density at radius 3 is 2.47 bits per heavy atom. The summed E-state index contributed by atoms with van der Waals surface area (Å²) in [6.07, 6.45) is 0. The first-order valence-electron chi connectivity index (χ1n) is 5.39. The predicted octanol–water partition coefficient (Wildman–Crippen LogP) is -0.750. The van der Waals surface area contributed by atoms with E-state index in [-0.39, 0.29) is 6.54 Å². The number of aliphatic carboxylic acids is 1. The highest BCUT2D eigenvalue weighted by molar-refractivity contribution is 5.68. The molecule has 1 aliphatic rings. The third-order valence-corrected chi connectivity index (χ3v) is 2.80. The van der Waals surface area contributed by atoms with Crippen molar-refractivity contribution in [3.05, 3.63) is 0 Å². The highest BCUT2D eigenvalue weighted by Gasteiger charge is 2.14. The Labute approximate surface area is 91.3 Å². The molecule has 0 spiro atoms. The number of carboxylic acids is 1. The first kappa shape index (κ1) is 12.4. The summed E-state index contributed by atoms with van der Waals surface area (Å²) in [5.41, 5.74) is 0. The number of piperazine rings is 1. The van der Waals surface area contributed by atoms with Crippen LogP contribution in [0.15, 0.2) is 0 Å². The molecule has 5 heteroatoms. The molecule has 1 rings (SSSR count). The van der Waals surface area contributed by atoms with Crippen LogP contribution >= 0.6 is 0 Å². The summed E-state index contributed by atoms with van der Waals surface area (Å²) in [4.78, 5) is 17.0. The lowest BCUT2D eigenvalue weighted by molar-refractivity contribution is -0.138. The summed E-state index contributed by atoms with van der Waals surface area (Å²) < 4.78 is 0. The Kier molecular flexibility index (Phi) is 5.01. The SMILES string of the molecule is CN1CCN(CCN(C)CC(=O)O)CC1. The van der Waals surface area contributed by atoms with E-state index in [1.165, 1.54) is 0 Å². The van der Waals surface area contributed by atoms with E-state index in [9.17, 15) is 4.79 Å². The number of hydrogen-bond acceptors (Lipinski definition) is 4. The summed E-state index contributed by atoms with van der Waals surface area (Å²) in [6, 6.07) is 0. The van der Waals surface area contributed by atoms with Crippen LogP contribution in [-0.2, 0) is 4.79 Å². The van der Waals surface area contributed by atoms with Gasteiger partial charge in [0.15, 0.2) is 0 Å². The van der Waals surface area contributed by atoms with Gasteiger partial charge in [0.1, 0.15) is 0 Å². The van der Waals surface area contributed by atoms with Gasteiger partial charge in [-0.3, -0.25) is 14.6 Å². The van der Waals surface area contributed by atoms with E-state index in [2.05, 4.69) is 16.8 Å². The average molecular weight is 215 g/mol. The van der Waals surface area contributed by atoms with Crippen molar-refractivity contribution < 1.29 is 9.90 Å². The first-order valence-corrected chi connectivity index (χ1v) is 5.39. The maximum atomic E-state index is 10.4. The molecule has 0 aliphatic carbocycles. The number of nitrogens with zero attached hydrogens (tertiary/aromatic N) is 3. The van der Waals surface area contributed by atoms with Crippen molar-refractivity contribution in [3.8, 4) is 0 Å². The quantitative estimate of drug-likeness (QED) is 0.654. The van der Waals surface area contributed by atoms with Gasteiger partial charge in [0.2, 0.25) is 0 Å². The van der Waals surface area contributed by atoms with Gasteiger partial charge in [-0.1, -0.05) is 0 Å². The zero-order chi connectivity index (χ0) is 11.3. The molecule has 0 amide bonds. The Hall–Kier alpha value is -0.650. The van der Waals surface area contributed by atoms with Gasteiger partial charge in [-0.2, -0.15) is 0 Å². The molecule has 0 atom stereocenters. The minimum absolute atomic E-state index is 0.133. The molecule has 1 saturated heterocycles. The summed E-state index contributed by atoms with van der Waals surface area (Å²) in [6.45, 7) is 6.35. The molecule has 5 nitrogen and oxygen atoms in total. The fraction of sp³-hybridized carbons (Fsp3) is 0.900. The van der Waals surface area contributed by atoms with Crippen LogP contribution in [0.2, 0.25) is 0 Å². The molecule has 15 heavy (non-hydrogen) atoms. The summed E-state index contributed by atoms with van der Waals surface area (Å²) in [5.74, 6) is -0.754. The second-order valence-electron chi connectivity index (χ2n) is 4.28. The van der Waals surface area contributed by atoms with E-state index in [1.807, 2.05) is 11.9 Å². The third kappa shape index (κ3) is 5.11. The Balaban J connectivity index is 2.11. The first-order chi connectivity index (χ1) is 7.08. The standard InChI is InChI=1S/C10H21N3O2/c1-11-3-6-13(7-4-11)8-5-12(2)9-10(14)15/h3-9H2,1-2H3,(H,14,15). The van der Waals surface area contributed by atoms with Gasteiger partial charge in [0.25, 0.3) is 0 Å². The topological polar surface area (TPSA) is 47.0 Å². The number of carbonyl (C=O) groups is 1. The minimum atomic E-state index is -0.754. The Morgan fingerprint density at radius 2 is 1.93 bits per heavy atom. The molecule has 0 radical (unpaired) electrons. The number of hydrogen-bond donors (Lipinski definition) is 1. The summed E-state index contributed by atoms with van der Waals surface area (Å²) in [5, 5.41) is 8.59. The second-order valence-corrected chi connectivity index (χ2v) is 4.28. The lowest BCUT2D eigenvalue weighted by Gasteiger charge is -2.33. The highest BCUT2D eigenvalue weighted by atomic mass is 16.4. The van der Waals surface area contributed by atoms with Crippen LogP contribution in [0.4, 0.5) is 0 Å². The number of rotatable bonds is 5. The monoisotopic (exact) mass is 215 g/mol. The zero-order valence-electron chi connectivity index (χ0n) is 9.65. The minimum Gasteiger partial charge on any atom is -0.480 e. The van der Waals surface area contributed by atoms with Crippen LogP contribution in [0, 0.1) is 0 Å². The van der Waals surface area contributed by atoms with E-state index in [0.29, 0.717) is 0 Å². The van der Waals surface area contributed by atoms with Crippen LogP contribution in [0.1, 0.15) is 0 Å². The molecule has 1 heterocycles. The summed E-state index contributed by atoms with van der Waals surface area (Å²) in [7, 11) is 3.98. The van der Waals surface area contributed by atoms with Crippen LogP contribution in [0.25, 0.3) is 0 Å². The lowest BCUT2D eigenvalue weighted by atomic mass is 10.3. The van der Waals surface area contributed by atoms with Crippen molar-refractivity contribution in [3.63, 3.8) is 0 Å². The van der Waals surface area contributed by atoms with Crippen molar-refractivity contribution in [2.24, 2.45) is 0 Å². The molecule has 1 N–H and O–H groups in total. The third-order valence-electron chi connectivity index (χ3n) is 2.80. The maximum Gasteiger partial charge on any atom is 0.317 e. The molecular formula is C10H21N3O2. The summed E-state index contributed by atoms with van der Waals surface area (Å²) >= 11 is 0. The molecule has 0 aromatic heterocycles. The number of likely N-dealkylation sites (N-methyl/N-ethyl adjacent to an activating group) is 2. The van der Waals surface area contributed by atoms with Crippen LogP contribution < -0.4 is 0 Å². The molecule has 88 valence electrons. The van der Waals surface area contributed by atoms with Crippen LogP contribution in [0.3, 0.4) is 0 Å². The van der Waals surface area contributed by atoms with Gasteiger partial charge in [0, 0.05) is 39.3 Å². The van der Waals surface area contributed by atoms with Gasteiger partial charge >= 0.3 is 5.97 Å². The van der Waals surface area contributed by atoms with Gasteiger partial charge in [0.05, 0.1) is 6.54 Å². The lowest BCUT2D eigenvalue weighted by Crippen LogP contribution is -2.46. The van der Waals surface area contributed by atoms with Crippen molar-refractivity contribution in [1.82, 2.24) is 14.7 Å². The zero-order valence-corrected chi connectivity index (χ0v) is 9.65. The van der Waals surface area contributed by atoms with Crippen molar-refractivity contribution >= 4 is 5.97 Å². The molecule has 0 bridgehead atoms. The predicted molar refractivity (Wildman–Crippen MR) is 59.1 cm³/mol. The molecule has 0 unspecified atom stereocenters. The van der Waals surface area contributed by atoms with Crippen molar-refractivity contribution in [2.75, 3.05) is 59.9 Å². The Bertz CT molecular complexity index is 203. The molecule has 0 aromatic rings. The largest absolute Gasteiger partial charge is 0.480 e. The van der Waals surface area contributed by atoms with Crippen LogP contribution in [0.5, 0.6) is 0 Å². The normalized spacial score (nSPS) is 19.7. The smallest absolute Gasteiger partial charge is 0.317 e. The van der Waals surface area contributed by atoms with E-state index < -0.39 is 5.97 Å². The van der Waals surface area contributed by atoms with Gasteiger partial charge < -0.3 is 10.0 Å². The average Bonchev–Trinajstić information content (AvgIpc) is 2.16. The fourth-order valence-corrected chi connectivity index (χ4v) is 1.69. The number of carboxylic acid groups (broad SMARTS) is 1. The van der Waals surface area contributed by atoms with E-state index in [0.717, 1.165) is 39.3 Å². The maximum absolute atomic E-state index is 10.4. The molecule has 1 fully saturated rings. The molecule has 0 aromatic carbocycles. The van der Waals surface area contributed by atoms with Gasteiger partial charge in [-0.15, -0.1) is 0 Å². The van der Waals surface area contributed by atoms with Crippen molar-refractivity contribution in [1.29, 1.82) is 0 Å². The fourth-order valence-electron chi connectivity index (χ4n) is 1.69. The van der Waals surface area contributed by atoms with E-state index >= 15 is 0 Å². The van der Waals surface area contributed by atoms with Crippen LogP contribution in [-0.4, -0.2) is 85.7 Å². The second kappa shape index (κ2) is 6.05. The van der Waals surface area contributed by atoms with E-state index in [4.69, 9.17) is 5.11 Å². The van der Waals surface area contributed by atoms with Crippen molar-refractivity contribution in [2.45, 2.75) is 0 Å². The van der Waals surface area contributed by atoms with E-state index in [1.54, 1.807) is 0 Å². The van der Waals surface area contributed by atoms with Gasteiger partial charge in [-0.25, -0.2) is 0 Å². The molecule has 0 saturated carbocycles. The highest BCUT2D eigenvalue weighted by Crippen LogP contribution is 1.98. The molecular weight excluding hydrogens is 194 g/mol.